The predicted octanol–water partition coefficient (Wildman–Crippen LogP) is 20.0. The van der Waals surface area contributed by atoms with Gasteiger partial charge in [-0.05, 0) is 150 Å². The molecule has 13 rings (SSSR count). The Morgan fingerprint density at radius 3 is 1.71 bits per heavy atom. The van der Waals surface area contributed by atoms with Gasteiger partial charge in [-0.1, -0.05) is 189 Å². The van der Waals surface area contributed by atoms with Crippen LogP contribution in [0.2, 0.25) is 0 Å². The van der Waals surface area contributed by atoms with Gasteiger partial charge in [-0.2, -0.15) is 0 Å². The molecule has 3 aliphatic rings. The van der Waals surface area contributed by atoms with Crippen LogP contribution in [0.25, 0.3) is 65.4 Å². The fourth-order valence-electron chi connectivity index (χ4n) is 12.4. The molecule has 0 radical (unpaired) electrons. The number of anilines is 5. The lowest BCUT2D eigenvalue weighted by molar-refractivity contribution is 0.496. The number of hydrogen-bond donors (Lipinski definition) is 0. The van der Waals surface area contributed by atoms with Crippen LogP contribution in [-0.4, -0.2) is 6.54 Å². The summed E-state index contributed by atoms with van der Waals surface area (Å²) in [5, 5.41) is 9.79. The topological polar surface area (TPSA) is 19.6 Å². The Morgan fingerprint density at radius 2 is 1.07 bits per heavy atom. The molecule has 354 valence electrons. The van der Waals surface area contributed by atoms with Gasteiger partial charge in [0.15, 0.2) is 5.58 Å². The van der Waals surface area contributed by atoms with Gasteiger partial charge in [-0.3, -0.25) is 0 Å². The van der Waals surface area contributed by atoms with Gasteiger partial charge in [0, 0.05) is 50.6 Å². The molecular formula is C69H62N2O. The first-order valence-electron chi connectivity index (χ1n) is 26.4. The first-order valence-corrected chi connectivity index (χ1v) is 26.4. The Kier molecular flexibility index (Phi) is 10.3. The van der Waals surface area contributed by atoms with Gasteiger partial charge >= 0.3 is 0 Å². The van der Waals surface area contributed by atoms with E-state index < -0.39 is 0 Å². The summed E-state index contributed by atoms with van der Waals surface area (Å²) >= 11 is 0. The molecule has 0 spiro atoms. The number of hydrogen-bond acceptors (Lipinski definition) is 3. The summed E-state index contributed by atoms with van der Waals surface area (Å²) in [5.74, 6) is 1.47. The van der Waals surface area contributed by atoms with Crippen LogP contribution in [0.1, 0.15) is 119 Å². The van der Waals surface area contributed by atoms with Crippen molar-refractivity contribution in [2.45, 2.75) is 85.5 Å². The summed E-state index contributed by atoms with van der Waals surface area (Å²) in [6.07, 6.45) is 12.8. The number of furan rings is 1. The molecule has 0 aliphatic heterocycles. The lowest BCUT2D eigenvalue weighted by atomic mass is 9.58. The normalized spacial score (nSPS) is 16.2. The van der Waals surface area contributed by atoms with Gasteiger partial charge in [0.1, 0.15) is 5.58 Å². The van der Waals surface area contributed by atoms with Crippen molar-refractivity contribution in [3.63, 3.8) is 0 Å². The zero-order valence-corrected chi connectivity index (χ0v) is 42.8. The molecule has 1 heterocycles. The molecule has 3 nitrogen and oxygen atoms in total. The van der Waals surface area contributed by atoms with Crippen molar-refractivity contribution in [3.05, 3.63) is 221 Å². The molecule has 0 bridgehead atoms. The van der Waals surface area contributed by atoms with Crippen LogP contribution >= 0.6 is 0 Å². The minimum absolute atomic E-state index is 0.242. The zero-order valence-electron chi connectivity index (χ0n) is 42.8. The number of allylic oxidation sites excluding steroid dienone is 6. The van der Waals surface area contributed by atoms with E-state index in [4.69, 9.17) is 4.42 Å². The number of para-hydroxylation sites is 2. The van der Waals surface area contributed by atoms with Crippen LogP contribution < -0.4 is 9.80 Å². The van der Waals surface area contributed by atoms with E-state index in [1.807, 2.05) is 0 Å². The van der Waals surface area contributed by atoms with E-state index in [0.717, 1.165) is 52.0 Å². The summed E-state index contributed by atoms with van der Waals surface area (Å²) in [4.78, 5) is 5.20. The van der Waals surface area contributed by atoms with Crippen LogP contribution in [-0.2, 0) is 0 Å². The molecule has 0 saturated heterocycles. The van der Waals surface area contributed by atoms with Crippen molar-refractivity contribution < 1.29 is 4.42 Å². The van der Waals surface area contributed by atoms with E-state index in [9.17, 15) is 0 Å². The summed E-state index contributed by atoms with van der Waals surface area (Å²) in [6.45, 7) is 19.4. The molecule has 1 unspecified atom stereocenters. The molecule has 0 N–H and O–H groups in total. The highest BCUT2D eigenvalue weighted by Crippen LogP contribution is 2.59. The summed E-state index contributed by atoms with van der Waals surface area (Å²) in [6, 6.07) is 57.8. The average Bonchev–Trinajstić information content (AvgIpc) is 3.77. The lowest BCUT2D eigenvalue weighted by Crippen LogP contribution is -2.41. The number of benzene rings is 9. The highest BCUT2D eigenvalue weighted by molar-refractivity contribution is 6.28. The summed E-state index contributed by atoms with van der Waals surface area (Å²) in [5.41, 5.74) is 19.7. The van der Waals surface area contributed by atoms with Crippen LogP contribution in [0.5, 0.6) is 0 Å². The van der Waals surface area contributed by atoms with Crippen LogP contribution in [0.4, 0.5) is 28.4 Å². The minimum atomic E-state index is -0.242. The van der Waals surface area contributed by atoms with Crippen LogP contribution in [0.15, 0.2) is 192 Å². The molecule has 1 aromatic heterocycles. The Hall–Kier alpha value is -7.62. The maximum atomic E-state index is 6.89. The van der Waals surface area contributed by atoms with E-state index >= 15 is 0 Å². The molecule has 3 heteroatoms. The molecule has 9 aromatic carbocycles. The molecule has 10 aromatic rings. The van der Waals surface area contributed by atoms with Gasteiger partial charge in [-0.25, -0.2) is 0 Å². The van der Waals surface area contributed by atoms with Crippen molar-refractivity contribution in [2.24, 2.45) is 5.41 Å². The van der Waals surface area contributed by atoms with Crippen molar-refractivity contribution in [1.29, 1.82) is 0 Å². The third-order valence-electron chi connectivity index (χ3n) is 16.5. The zero-order chi connectivity index (χ0) is 49.2. The van der Waals surface area contributed by atoms with E-state index in [1.165, 1.54) is 93.8 Å². The predicted molar refractivity (Wildman–Crippen MR) is 309 cm³/mol. The van der Waals surface area contributed by atoms with Gasteiger partial charge in [0.05, 0.1) is 11.4 Å². The smallest absolute Gasteiger partial charge is 0.159 e. The first kappa shape index (κ1) is 44.3. The molecular weight excluding hydrogens is 873 g/mol. The fourth-order valence-corrected chi connectivity index (χ4v) is 12.4. The molecule has 0 fully saturated rings. The molecule has 0 saturated carbocycles. The highest BCUT2D eigenvalue weighted by Gasteiger charge is 2.47. The highest BCUT2D eigenvalue weighted by atomic mass is 16.3. The first-order chi connectivity index (χ1) is 35.0. The van der Waals surface area contributed by atoms with Gasteiger partial charge in [0.2, 0.25) is 0 Å². The van der Waals surface area contributed by atoms with Crippen molar-refractivity contribution in [2.75, 3.05) is 16.3 Å². The number of nitrogens with zero attached hydrogens (tertiary/aromatic N) is 2. The third kappa shape index (κ3) is 6.77. The molecule has 1 atom stereocenters. The summed E-state index contributed by atoms with van der Waals surface area (Å²) < 4.78 is 6.89. The Morgan fingerprint density at radius 1 is 0.500 bits per heavy atom. The molecule has 0 amide bonds. The fraction of sp³-hybridized carbons (Fsp3) is 0.217. The standard InChI is InChI=1S/C69H62N2O/c1-41(2)47-34-48(42(3)4)37-51(36-47)70(40-69-33-14-13-20-60(69)54-17-10-9-16-53(54)55-29-30-61(55)69)62-31-25-45-24-28-59-63(32-26-46-23-27-58(62)66(45)67(46)59)71(52-38-49(43(5)6)35-50(39-52)44(7)8)64-21-15-19-57-56-18-11-12-22-65(56)72-68(57)64/h9-32,34-39,41-44H,33,40H2,1-8H3. The van der Waals surface area contributed by atoms with Crippen molar-refractivity contribution in [3.8, 4) is 0 Å². The Labute approximate surface area is 424 Å². The second kappa shape index (κ2) is 16.7. The Bertz CT molecular complexity index is 3910. The second-order valence-corrected chi connectivity index (χ2v) is 22.1. The molecule has 3 aliphatic carbocycles. The van der Waals surface area contributed by atoms with Crippen molar-refractivity contribution in [1.82, 2.24) is 0 Å². The van der Waals surface area contributed by atoms with E-state index in [2.05, 4.69) is 247 Å². The number of fused-ring (bicyclic) bond motifs is 8. The summed E-state index contributed by atoms with van der Waals surface area (Å²) in [7, 11) is 0. The lowest BCUT2D eigenvalue weighted by Gasteiger charge is -2.49. The van der Waals surface area contributed by atoms with E-state index in [1.54, 1.807) is 0 Å². The van der Waals surface area contributed by atoms with E-state index in [0.29, 0.717) is 23.7 Å². The van der Waals surface area contributed by atoms with Gasteiger partial charge < -0.3 is 14.2 Å². The Balaban J connectivity index is 1.07. The SMILES string of the molecule is CC(C)c1cc(C(C)C)cc(N(CC23CC=CC=C2c2ccccc2C2=C3C=C2)c2ccc3ccc4c(N(c5cc(C(C)C)cc(C(C)C)c5)c5cccc6c5oc5ccccc56)ccc5ccc2c3c54)c1. The van der Waals surface area contributed by atoms with Crippen LogP contribution in [0, 0.1) is 5.41 Å². The second-order valence-electron chi connectivity index (χ2n) is 22.1. The van der Waals surface area contributed by atoms with E-state index in [-0.39, 0.29) is 5.41 Å². The van der Waals surface area contributed by atoms with Gasteiger partial charge in [-0.15, -0.1) is 0 Å². The maximum Gasteiger partial charge on any atom is 0.159 e. The average molecular weight is 935 g/mol. The number of rotatable bonds is 11. The maximum absolute atomic E-state index is 6.89. The molecule has 72 heavy (non-hydrogen) atoms. The largest absolute Gasteiger partial charge is 0.454 e. The monoisotopic (exact) mass is 934 g/mol. The van der Waals surface area contributed by atoms with Crippen molar-refractivity contribution >= 4 is 93.8 Å². The minimum Gasteiger partial charge on any atom is -0.454 e. The van der Waals surface area contributed by atoms with Gasteiger partial charge in [0.25, 0.3) is 0 Å². The quantitative estimate of drug-likeness (QED) is 0.121. The third-order valence-corrected chi connectivity index (χ3v) is 16.5. The van der Waals surface area contributed by atoms with Crippen LogP contribution in [0.3, 0.4) is 0 Å².